The lowest BCUT2D eigenvalue weighted by Crippen LogP contribution is -2.24. The van der Waals surface area contributed by atoms with Crippen molar-refractivity contribution < 1.29 is 9.59 Å². The van der Waals surface area contributed by atoms with Gasteiger partial charge < -0.3 is 10.6 Å². The van der Waals surface area contributed by atoms with E-state index in [0.29, 0.717) is 25.1 Å². The monoisotopic (exact) mass is 297 g/mol. The van der Waals surface area contributed by atoms with E-state index in [9.17, 15) is 9.59 Å². The number of hydrogen-bond donors (Lipinski definition) is 2. The van der Waals surface area contributed by atoms with Gasteiger partial charge in [-0.05, 0) is 30.7 Å². The van der Waals surface area contributed by atoms with Crippen LogP contribution in [0, 0.1) is 0 Å². The molecule has 0 unspecified atom stereocenters. The van der Waals surface area contributed by atoms with Gasteiger partial charge in [0, 0.05) is 43.2 Å². The van der Waals surface area contributed by atoms with Crippen molar-refractivity contribution in [3.8, 4) is 0 Å². The third-order valence-electron chi connectivity index (χ3n) is 3.16. The van der Waals surface area contributed by atoms with E-state index in [4.69, 9.17) is 0 Å². The van der Waals surface area contributed by atoms with Crippen LogP contribution in [-0.4, -0.2) is 23.2 Å². The lowest BCUT2D eigenvalue weighted by atomic mass is 10.1. The SMILES string of the molecule is CC(=O)c1cccc(NCCC(=O)NCc2cccnc2)c1. The summed E-state index contributed by atoms with van der Waals surface area (Å²) >= 11 is 0. The summed E-state index contributed by atoms with van der Waals surface area (Å²) < 4.78 is 0. The summed E-state index contributed by atoms with van der Waals surface area (Å²) in [5.74, 6) is -0.00283. The molecule has 0 aliphatic heterocycles. The molecule has 0 bridgehead atoms. The first-order chi connectivity index (χ1) is 10.6. The van der Waals surface area contributed by atoms with Gasteiger partial charge in [-0.2, -0.15) is 0 Å². The number of nitrogens with zero attached hydrogens (tertiary/aromatic N) is 1. The summed E-state index contributed by atoms with van der Waals surface area (Å²) in [5, 5.41) is 5.99. The Hall–Kier alpha value is -2.69. The fourth-order valence-electron chi connectivity index (χ4n) is 1.96. The van der Waals surface area contributed by atoms with Crippen LogP contribution in [0.25, 0.3) is 0 Å². The third kappa shape index (κ3) is 5.01. The zero-order chi connectivity index (χ0) is 15.8. The van der Waals surface area contributed by atoms with Crippen LogP contribution in [0.2, 0.25) is 0 Å². The average molecular weight is 297 g/mol. The number of aromatic nitrogens is 1. The highest BCUT2D eigenvalue weighted by Gasteiger charge is 2.03. The molecule has 5 heteroatoms. The molecule has 0 saturated heterocycles. The Labute approximate surface area is 129 Å². The van der Waals surface area contributed by atoms with Gasteiger partial charge in [0.25, 0.3) is 0 Å². The smallest absolute Gasteiger partial charge is 0.222 e. The first kappa shape index (κ1) is 15.7. The van der Waals surface area contributed by atoms with Crippen LogP contribution in [0.3, 0.4) is 0 Å². The molecule has 2 rings (SSSR count). The number of amides is 1. The van der Waals surface area contributed by atoms with Crippen molar-refractivity contribution in [3.05, 3.63) is 59.9 Å². The molecule has 0 aliphatic rings. The topological polar surface area (TPSA) is 71.1 Å². The van der Waals surface area contributed by atoms with Crippen LogP contribution in [0.5, 0.6) is 0 Å². The Morgan fingerprint density at radius 1 is 1.18 bits per heavy atom. The van der Waals surface area contributed by atoms with E-state index in [-0.39, 0.29) is 11.7 Å². The van der Waals surface area contributed by atoms with Crippen LogP contribution < -0.4 is 10.6 Å². The number of nitrogens with one attached hydrogen (secondary N) is 2. The highest BCUT2D eigenvalue weighted by atomic mass is 16.1. The Bertz CT molecular complexity index is 641. The Morgan fingerprint density at radius 3 is 2.77 bits per heavy atom. The normalized spacial score (nSPS) is 10.0. The molecule has 0 spiro atoms. The van der Waals surface area contributed by atoms with E-state index in [1.54, 1.807) is 24.5 Å². The number of ketones is 1. The number of Topliss-reactive ketones (excluding diaryl/α,β-unsaturated/α-hetero) is 1. The number of hydrogen-bond acceptors (Lipinski definition) is 4. The molecule has 0 radical (unpaired) electrons. The minimum Gasteiger partial charge on any atom is -0.385 e. The van der Waals surface area contributed by atoms with Gasteiger partial charge in [-0.1, -0.05) is 18.2 Å². The van der Waals surface area contributed by atoms with Crippen LogP contribution >= 0.6 is 0 Å². The van der Waals surface area contributed by atoms with E-state index in [0.717, 1.165) is 11.3 Å². The van der Waals surface area contributed by atoms with Crippen molar-refractivity contribution in [2.24, 2.45) is 0 Å². The number of benzene rings is 1. The average Bonchev–Trinajstić information content (AvgIpc) is 2.54. The molecule has 5 nitrogen and oxygen atoms in total. The first-order valence-corrected chi connectivity index (χ1v) is 7.15. The van der Waals surface area contributed by atoms with Crippen molar-refractivity contribution >= 4 is 17.4 Å². The highest BCUT2D eigenvalue weighted by molar-refractivity contribution is 5.94. The van der Waals surface area contributed by atoms with Crippen molar-refractivity contribution in [2.45, 2.75) is 19.9 Å². The predicted molar refractivity (Wildman–Crippen MR) is 85.6 cm³/mol. The number of carbonyl (C=O) groups is 2. The maximum atomic E-state index is 11.8. The van der Waals surface area contributed by atoms with Gasteiger partial charge >= 0.3 is 0 Å². The molecule has 0 aliphatic carbocycles. The summed E-state index contributed by atoms with van der Waals surface area (Å²) in [6.07, 6.45) is 3.79. The lowest BCUT2D eigenvalue weighted by Gasteiger charge is -2.08. The summed E-state index contributed by atoms with van der Waals surface area (Å²) in [6.45, 7) is 2.53. The molecule has 22 heavy (non-hydrogen) atoms. The van der Waals surface area contributed by atoms with Gasteiger partial charge in [-0.3, -0.25) is 14.6 Å². The molecule has 1 heterocycles. The molecule has 1 aromatic heterocycles. The standard InChI is InChI=1S/C17H19N3O2/c1-13(21)15-5-2-6-16(10-15)19-9-7-17(22)20-12-14-4-3-8-18-11-14/h2-6,8,10-11,19H,7,9,12H2,1H3,(H,20,22). The van der Waals surface area contributed by atoms with Crippen molar-refractivity contribution in [2.75, 3.05) is 11.9 Å². The lowest BCUT2D eigenvalue weighted by molar-refractivity contribution is -0.121. The maximum Gasteiger partial charge on any atom is 0.222 e. The minimum absolute atomic E-state index is 0.0258. The number of anilines is 1. The van der Waals surface area contributed by atoms with E-state index in [2.05, 4.69) is 15.6 Å². The molecular weight excluding hydrogens is 278 g/mol. The Balaban J connectivity index is 1.73. The Kier molecular flexibility index (Phi) is 5.65. The molecule has 1 amide bonds. The molecule has 2 aromatic rings. The molecule has 2 N–H and O–H groups in total. The van der Waals surface area contributed by atoms with Crippen molar-refractivity contribution in [3.63, 3.8) is 0 Å². The largest absolute Gasteiger partial charge is 0.385 e. The Morgan fingerprint density at radius 2 is 2.05 bits per heavy atom. The fraction of sp³-hybridized carbons (Fsp3) is 0.235. The second-order valence-electron chi connectivity index (χ2n) is 4.95. The van der Waals surface area contributed by atoms with Crippen LogP contribution in [-0.2, 0) is 11.3 Å². The number of carbonyl (C=O) groups excluding carboxylic acids is 2. The van der Waals surface area contributed by atoms with Gasteiger partial charge in [0.05, 0.1) is 0 Å². The van der Waals surface area contributed by atoms with E-state index in [1.807, 2.05) is 24.3 Å². The highest BCUT2D eigenvalue weighted by Crippen LogP contribution is 2.11. The predicted octanol–water partition coefficient (Wildman–Crippen LogP) is 2.40. The first-order valence-electron chi connectivity index (χ1n) is 7.15. The third-order valence-corrected chi connectivity index (χ3v) is 3.16. The van der Waals surface area contributed by atoms with Gasteiger partial charge in [0.1, 0.15) is 0 Å². The van der Waals surface area contributed by atoms with Crippen LogP contribution in [0.4, 0.5) is 5.69 Å². The van der Waals surface area contributed by atoms with Crippen molar-refractivity contribution in [1.82, 2.24) is 10.3 Å². The summed E-state index contributed by atoms with van der Waals surface area (Å²) in [7, 11) is 0. The van der Waals surface area contributed by atoms with E-state index >= 15 is 0 Å². The minimum atomic E-state index is -0.0286. The summed E-state index contributed by atoms with van der Waals surface area (Å²) in [5.41, 5.74) is 2.47. The summed E-state index contributed by atoms with van der Waals surface area (Å²) in [4.78, 5) is 27.1. The zero-order valence-corrected chi connectivity index (χ0v) is 12.5. The van der Waals surface area contributed by atoms with Crippen LogP contribution in [0.15, 0.2) is 48.8 Å². The van der Waals surface area contributed by atoms with Crippen LogP contribution in [0.1, 0.15) is 29.3 Å². The molecular formula is C17H19N3O2. The second kappa shape index (κ2) is 7.93. The van der Waals surface area contributed by atoms with E-state index < -0.39 is 0 Å². The quantitative estimate of drug-likeness (QED) is 0.770. The molecule has 0 fully saturated rings. The fourth-order valence-corrected chi connectivity index (χ4v) is 1.96. The molecule has 0 saturated carbocycles. The number of pyridine rings is 1. The van der Waals surface area contributed by atoms with Gasteiger partial charge in [-0.25, -0.2) is 0 Å². The summed E-state index contributed by atoms with van der Waals surface area (Å²) in [6, 6.07) is 11.0. The van der Waals surface area contributed by atoms with Gasteiger partial charge in [0.2, 0.25) is 5.91 Å². The maximum absolute atomic E-state index is 11.8. The second-order valence-corrected chi connectivity index (χ2v) is 4.95. The van der Waals surface area contributed by atoms with Gasteiger partial charge in [-0.15, -0.1) is 0 Å². The molecule has 1 aromatic carbocycles. The molecule has 0 atom stereocenters. The molecule has 114 valence electrons. The zero-order valence-electron chi connectivity index (χ0n) is 12.5. The number of rotatable bonds is 7. The van der Waals surface area contributed by atoms with E-state index in [1.165, 1.54) is 6.92 Å². The van der Waals surface area contributed by atoms with Crippen molar-refractivity contribution in [1.29, 1.82) is 0 Å². The van der Waals surface area contributed by atoms with Gasteiger partial charge in [0.15, 0.2) is 5.78 Å².